The molecule has 3 aromatic rings. The Balaban J connectivity index is 1.37. The van der Waals surface area contributed by atoms with Crippen LogP contribution >= 0.6 is 0 Å². The number of nitrogens with zero attached hydrogens (tertiary/aromatic N) is 3. The molecule has 5 heteroatoms. The molecule has 5 nitrogen and oxygen atoms in total. The van der Waals surface area contributed by atoms with Gasteiger partial charge < -0.3 is 5.73 Å². The Morgan fingerprint density at radius 2 is 1.81 bits per heavy atom. The van der Waals surface area contributed by atoms with Crippen LogP contribution in [0.25, 0.3) is 11.3 Å². The highest BCUT2D eigenvalue weighted by Gasteiger charge is 2.20. The largest absolute Gasteiger partial charge is 0.379 e. The summed E-state index contributed by atoms with van der Waals surface area (Å²) < 4.78 is 4.68. The number of likely N-dealkylation sites (tertiary alicyclic amines) is 1. The van der Waals surface area contributed by atoms with Crippen LogP contribution in [0.5, 0.6) is 0 Å². The molecular weight excluding hydrogens is 324 g/mol. The summed E-state index contributed by atoms with van der Waals surface area (Å²) in [5, 5.41) is 7.50. The summed E-state index contributed by atoms with van der Waals surface area (Å²) in [6.45, 7) is 3.41. The van der Waals surface area contributed by atoms with Crippen molar-refractivity contribution in [2.24, 2.45) is 5.92 Å². The highest BCUT2D eigenvalue weighted by atomic mass is 16.6. The number of nitrogen functional groups attached to an aromatic ring is 1. The lowest BCUT2D eigenvalue weighted by atomic mass is 9.90. The van der Waals surface area contributed by atoms with Crippen molar-refractivity contribution in [2.75, 3.05) is 18.8 Å². The maximum Gasteiger partial charge on any atom is 0.196 e. The monoisotopic (exact) mass is 348 g/mol. The Kier molecular flexibility index (Phi) is 4.97. The van der Waals surface area contributed by atoms with Crippen LogP contribution in [-0.4, -0.2) is 28.3 Å². The molecule has 134 valence electrons. The van der Waals surface area contributed by atoms with E-state index in [0.29, 0.717) is 17.4 Å². The van der Waals surface area contributed by atoms with Gasteiger partial charge in [-0.05, 0) is 53.2 Å². The SMILES string of the molecule is Nc1nonc1-c1ccc(CC2CCCN(Cc3ccccc3)C2)cc1. The molecule has 26 heavy (non-hydrogen) atoms. The van der Waals surface area contributed by atoms with Gasteiger partial charge in [-0.15, -0.1) is 0 Å². The van der Waals surface area contributed by atoms with Gasteiger partial charge in [0.05, 0.1) is 0 Å². The van der Waals surface area contributed by atoms with Crippen LogP contribution < -0.4 is 5.73 Å². The average Bonchev–Trinajstić information content (AvgIpc) is 3.10. The summed E-state index contributed by atoms with van der Waals surface area (Å²) in [5.41, 5.74) is 10.1. The van der Waals surface area contributed by atoms with Gasteiger partial charge in [0.25, 0.3) is 0 Å². The standard InChI is InChI=1S/C21H24N4O/c22-21-20(23-26-24-21)19-10-8-16(9-11-19)13-18-7-4-12-25(15-18)14-17-5-2-1-3-6-17/h1-3,5-6,8-11,18H,4,7,12-15H2,(H2,22,24). The van der Waals surface area contributed by atoms with Crippen LogP contribution in [0.15, 0.2) is 59.2 Å². The third kappa shape index (κ3) is 3.94. The molecular formula is C21H24N4O. The normalized spacial score (nSPS) is 18.1. The van der Waals surface area contributed by atoms with Gasteiger partial charge in [0.2, 0.25) is 0 Å². The summed E-state index contributed by atoms with van der Waals surface area (Å²) in [5.74, 6) is 1.04. The molecule has 1 aliphatic rings. The highest BCUT2D eigenvalue weighted by molar-refractivity contribution is 5.68. The predicted molar refractivity (Wildman–Crippen MR) is 102 cm³/mol. The number of hydrogen-bond acceptors (Lipinski definition) is 5. The Bertz CT molecular complexity index is 829. The fourth-order valence-electron chi connectivity index (χ4n) is 3.83. The molecule has 0 saturated carbocycles. The van der Waals surface area contributed by atoms with E-state index in [1.54, 1.807) is 0 Å². The second kappa shape index (κ2) is 7.70. The Morgan fingerprint density at radius 1 is 1.00 bits per heavy atom. The lowest BCUT2D eigenvalue weighted by Crippen LogP contribution is -2.35. The van der Waals surface area contributed by atoms with Crippen LogP contribution in [0, 0.1) is 5.92 Å². The van der Waals surface area contributed by atoms with E-state index in [1.165, 1.54) is 30.5 Å². The molecule has 4 rings (SSSR count). The minimum absolute atomic E-state index is 0.335. The fourth-order valence-corrected chi connectivity index (χ4v) is 3.83. The molecule has 1 aromatic heterocycles. The first-order chi connectivity index (χ1) is 12.8. The van der Waals surface area contributed by atoms with Gasteiger partial charge in [-0.1, -0.05) is 54.6 Å². The fraction of sp³-hybridized carbons (Fsp3) is 0.333. The maximum absolute atomic E-state index is 5.77. The molecule has 0 spiro atoms. The van der Waals surface area contributed by atoms with E-state index < -0.39 is 0 Å². The van der Waals surface area contributed by atoms with E-state index in [9.17, 15) is 0 Å². The van der Waals surface area contributed by atoms with Crippen molar-refractivity contribution in [1.29, 1.82) is 0 Å². The first-order valence-electron chi connectivity index (χ1n) is 9.21. The topological polar surface area (TPSA) is 68.2 Å². The zero-order chi connectivity index (χ0) is 17.8. The molecule has 1 atom stereocenters. The molecule has 1 fully saturated rings. The van der Waals surface area contributed by atoms with Gasteiger partial charge in [-0.2, -0.15) is 0 Å². The van der Waals surface area contributed by atoms with E-state index in [2.05, 4.69) is 74.4 Å². The molecule has 0 amide bonds. The Labute approximate surface area is 153 Å². The molecule has 1 aliphatic heterocycles. The number of hydrogen-bond donors (Lipinski definition) is 1. The number of nitrogens with two attached hydrogens (primary N) is 1. The van der Waals surface area contributed by atoms with Gasteiger partial charge in [-0.3, -0.25) is 4.90 Å². The summed E-state index contributed by atoms with van der Waals surface area (Å²) in [4.78, 5) is 2.58. The van der Waals surface area contributed by atoms with Crippen molar-refractivity contribution in [1.82, 2.24) is 15.2 Å². The second-order valence-electron chi connectivity index (χ2n) is 7.13. The van der Waals surface area contributed by atoms with Crippen LogP contribution in [0.2, 0.25) is 0 Å². The van der Waals surface area contributed by atoms with E-state index in [0.717, 1.165) is 25.1 Å². The lowest BCUT2D eigenvalue weighted by molar-refractivity contribution is 0.167. The molecule has 0 aliphatic carbocycles. The highest BCUT2D eigenvalue weighted by Crippen LogP contribution is 2.25. The summed E-state index contributed by atoms with van der Waals surface area (Å²) in [7, 11) is 0. The maximum atomic E-state index is 5.77. The number of rotatable bonds is 5. The number of aromatic nitrogens is 2. The number of benzene rings is 2. The van der Waals surface area contributed by atoms with Crippen LogP contribution in [0.3, 0.4) is 0 Å². The van der Waals surface area contributed by atoms with Crippen molar-refractivity contribution in [3.8, 4) is 11.3 Å². The van der Waals surface area contributed by atoms with E-state index >= 15 is 0 Å². The first kappa shape index (κ1) is 16.8. The Morgan fingerprint density at radius 3 is 2.54 bits per heavy atom. The summed E-state index contributed by atoms with van der Waals surface area (Å²) in [6.07, 6.45) is 3.68. The summed E-state index contributed by atoms with van der Waals surface area (Å²) in [6, 6.07) is 19.2. The van der Waals surface area contributed by atoms with Gasteiger partial charge in [-0.25, -0.2) is 4.63 Å². The molecule has 2 aromatic carbocycles. The third-order valence-electron chi connectivity index (χ3n) is 5.12. The Hall–Kier alpha value is -2.66. The van der Waals surface area contributed by atoms with Crippen molar-refractivity contribution >= 4 is 5.82 Å². The molecule has 0 radical (unpaired) electrons. The number of piperidine rings is 1. The van der Waals surface area contributed by atoms with Crippen molar-refractivity contribution in [2.45, 2.75) is 25.8 Å². The zero-order valence-electron chi connectivity index (χ0n) is 14.8. The van der Waals surface area contributed by atoms with Gasteiger partial charge >= 0.3 is 0 Å². The first-order valence-corrected chi connectivity index (χ1v) is 9.21. The van der Waals surface area contributed by atoms with E-state index in [4.69, 9.17) is 5.73 Å². The van der Waals surface area contributed by atoms with Crippen LogP contribution in [-0.2, 0) is 13.0 Å². The minimum Gasteiger partial charge on any atom is -0.379 e. The zero-order valence-corrected chi connectivity index (χ0v) is 14.8. The van der Waals surface area contributed by atoms with Crippen molar-refractivity contribution in [3.05, 3.63) is 65.7 Å². The summed E-state index contributed by atoms with van der Waals surface area (Å²) >= 11 is 0. The molecule has 1 unspecified atom stereocenters. The average molecular weight is 348 g/mol. The minimum atomic E-state index is 0.335. The second-order valence-corrected chi connectivity index (χ2v) is 7.13. The molecule has 1 saturated heterocycles. The lowest BCUT2D eigenvalue weighted by Gasteiger charge is -2.33. The van der Waals surface area contributed by atoms with Crippen LogP contribution in [0.1, 0.15) is 24.0 Å². The van der Waals surface area contributed by atoms with Crippen LogP contribution in [0.4, 0.5) is 5.82 Å². The smallest absolute Gasteiger partial charge is 0.196 e. The van der Waals surface area contributed by atoms with E-state index in [1.807, 2.05) is 0 Å². The third-order valence-corrected chi connectivity index (χ3v) is 5.12. The van der Waals surface area contributed by atoms with E-state index in [-0.39, 0.29) is 0 Å². The van der Waals surface area contributed by atoms with Gasteiger partial charge in [0.15, 0.2) is 11.5 Å². The van der Waals surface area contributed by atoms with Crippen molar-refractivity contribution in [3.63, 3.8) is 0 Å². The van der Waals surface area contributed by atoms with Crippen molar-refractivity contribution < 1.29 is 4.63 Å². The van der Waals surface area contributed by atoms with Gasteiger partial charge in [0, 0.05) is 18.7 Å². The molecule has 2 heterocycles. The number of anilines is 1. The molecule has 0 bridgehead atoms. The van der Waals surface area contributed by atoms with Gasteiger partial charge in [0.1, 0.15) is 0 Å². The molecule has 2 N–H and O–H groups in total. The quantitative estimate of drug-likeness (QED) is 0.760. The predicted octanol–water partition coefficient (Wildman–Crippen LogP) is 3.77.